The molecule has 0 N–H and O–H groups in total. The van der Waals surface area contributed by atoms with Gasteiger partial charge in [-0.2, -0.15) is 16.1 Å². The SMILES string of the molecule is O=S(=O)(/C=C/c1ccccc1)N1CCS[C@H](c2ccccc2Cl)CC1. The fraction of sp³-hybridized carbons (Fsp3) is 0.263. The molecule has 0 aromatic heterocycles. The summed E-state index contributed by atoms with van der Waals surface area (Å²) in [6, 6.07) is 17.3. The highest BCUT2D eigenvalue weighted by Crippen LogP contribution is 2.38. The van der Waals surface area contributed by atoms with Crippen molar-refractivity contribution in [2.45, 2.75) is 11.7 Å². The van der Waals surface area contributed by atoms with Gasteiger partial charge in [-0.1, -0.05) is 60.1 Å². The van der Waals surface area contributed by atoms with Crippen molar-refractivity contribution in [1.29, 1.82) is 0 Å². The van der Waals surface area contributed by atoms with Crippen LogP contribution in [0.15, 0.2) is 60.0 Å². The van der Waals surface area contributed by atoms with Crippen molar-refractivity contribution in [2.75, 3.05) is 18.8 Å². The van der Waals surface area contributed by atoms with Gasteiger partial charge in [-0.3, -0.25) is 0 Å². The van der Waals surface area contributed by atoms with Crippen LogP contribution in [0.25, 0.3) is 6.08 Å². The lowest BCUT2D eigenvalue weighted by atomic mass is 10.1. The minimum absolute atomic E-state index is 0.229. The Kier molecular flexibility index (Phi) is 6.23. The molecule has 1 aliphatic rings. The van der Waals surface area contributed by atoms with E-state index in [-0.39, 0.29) is 5.25 Å². The second kappa shape index (κ2) is 8.41. The average molecular weight is 394 g/mol. The molecule has 0 aliphatic carbocycles. The van der Waals surface area contributed by atoms with E-state index in [4.69, 9.17) is 11.6 Å². The van der Waals surface area contributed by atoms with Crippen LogP contribution in [0.3, 0.4) is 0 Å². The van der Waals surface area contributed by atoms with Crippen LogP contribution in [-0.4, -0.2) is 31.6 Å². The van der Waals surface area contributed by atoms with Crippen molar-refractivity contribution >= 4 is 39.5 Å². The molecule has 132 valence electrons. The molecule has 1 heterocycles. The smallest absolute Gasteiger partial charge is 0.208 e. The minimum Gasteiger partial charge on any atom is -0.208 e. The molecule has 3 rings (SSSR count). The molecule has 25 heavy (non-hydrogen) atoms. The van der Waals surface area contributed by atoms with Gasteiger partial charge in [0, 0.05) is 34.5 Å². The van der Waals surface area contributed by atoms with E-state index in [2.05, 4.69) is 0 Å². The molecule has 1 saturated heterocycles. The summed E-state index contributed by atoms with van der Waals surface area (Å²) in [5, 5.41) is 2.29. The monoisotopic (exact) mass is 393 g/mol. The van der Waals surface area contributed by atoms with E-state index in [1.807, 2.05) is 54.6 Å². The highest BCUT2D eigenvalue weighted by molar-refractivity contribution is 7.99. The third-order valence-corrected chi connectivity index (χ3v) is 7.36. The van der Waals surface area contributed by atoms with Crippen molar-refractivity contribution in [1.82, 2.24) is 4.31 Å². The van der Waals surface area contributed by atoms with Gasteiger partial charge >= 0.3 is 0 Å². The Hall–Kier alpha value is -1.27. The lowest BCUT2D eigenvalue weighted by Gasteiger charge is -2.18. The van der Waals surface area contributed by atoms with Crippen molar-refractivity contribution in [3.05, 3.63) is 76.2 Å². The van der Waals surface area contributed by atoms with Gasteiger partial charge in [0.25, 0.3) is 0 Å². The standard InChI is InChI=1S/C19H20ClNO2S2/c20-18-9-5-4-8-17(18)19-10-12-21(13-14-24-19)25(22,23)15-11-16-6-2-1-3-7-16/h1-9,11,15,19H,10,12-14H2/b15-11+/t19-/m0/s1. The second-order valence-corrected chi connectivity index (χ2v) is 9.36. The number of halogens is 1. The van der Waals surface area contributed by atoms with Gasteiger partial charge in [0.2, 0.25) is 10.0 Å². The maximum Gasteiger partial charge on any atom is 0.236 e. The molecular formula is C19H20ClNO2S2. The molecule has 0 spiro atoms. The van der Waals surface area contributed by atoms with Gasteiger partial charge in [0.1, 0.15) is 0 Å². The normalized spacial score (nSPS) is 19.8. The molecule has 1 aliphatic heterocycles. The lowest BCUT2D eigenvalue weighted by Crippen LogP contribution is -2.31. The number of hydrogen-bond acceptors (Lipinski definition) is 3. The molecule has 0 saturated carbocycles. The molecular weight excluding hydrogens is 374 g/mol. The summed E-state index contributed by atoms with van der Waals surface area (Å²) in [4.78, 5) is 0. The molecule has 2 aromatic rings. The van der Waals surface area contributed by atoms with Crippen LogP contribution in [-0.2, 0) is 10.0 Å². The Balaban J connectivity index is 1.70. The molecule has 0 amide bonds. The molecule has 2 aromatic carbocycles. The zero-order chi connectivity index (χ0) is 17.7. The summed E-state index contributed by atoms with van der Waals surface area (Å²) in [5.74, 6) is 0.758. The lowest BCUT2D eigenvalue weighted by molar-refractivity contribution is 0.435. The van der Waals surface area contributed by atoms with Crippen LogP contribution in [0.4, 0.5) is 0 Å². The Morgan fingerprint density at radius 3 is 2.52 bits per heavy atom. The molecule has 0 unspecified atom stereocenters. The van der Waals surface area contributed by atoms with Crippen molar-refractivity contribution < 1.29 is 8.42 Å². The van der Waals surface area contributed by atoms with Gasteiger partial charge in [-0.05, 0) is 29.7 Å². The topological polar surface area (TPSA) is 37.4 Å². The molecule has 1 fully saturated rings. The van der Waals surface area contributed by atoms with Crippen LogP contribution in [0.2, 0.25) is 5.02 Å². The van der Waals surface area contributed by atoms with Crippen molar-refractivity contribution in [3.8, 4) is 0 Å². The Morgan fingerprint density at radius 1 is 1.04 bits per heavy atom. The third kappa shape index (κ3) is 4.88. The maximum absolute atomic E-state index is 12.6. The molecule has 1 atom stereocenters. The minimum atomic E-state index is -3.41. The number of rotatable bonds is 4. The zero-order valence-electron chi connectivity index (χ0n) is 13.7. The molecule has 0 bridgehead atoms. The summed E-state index contributed by atoms with van der Waals surface area (Å²) in [5.41, 5.74) is 1.97. The number of hydrogen-bond donors (Lipinski definition) is 0. The van der Waals surface area contributed by atoms with Gasteiger partial charge in [-0.25, -0.2) is 8.42 Å². The van der Waals surface area contributed by atoms with E-state index < -0.39 is 10.0 Å². The van der Waals surface area contributed by atoms with Crippen LogP contribution >= 0.6 is 23.4 Å². The fourth-order valence-corrected chi connectivity index (χ4v) is 5.73. The molecule has 0 radical (unpaired) electrons. The van der Waals surface area contributed by atoms with Crippen molar-refractivity contribution in [3.63, 3.8) is 0 Å². The Morgan fingerprint density at radius 2 is 1.76 bits per heavy atom. The quantitative estimate of drug-likeness (QED) is 0.747. The third-order valence-electron chi connectivity index (χ3n) is 4.14. The summed E-state index contributed by atoms with van der Waals surface area (Å²) in [6.45, 7) is 1.03. The van der Waals surface area contributed by atoms with Crippen LogP contribution in [0.5, 0.6) is 0 Å². The Bertz CT molecular complexity index is 838. The predicted octanol–water partition coefficient (Wildman–Crippen LogP) is 4.82. The van der Waals surface area contributed by atoms with E-state index >= 15 is 0 Å². The second-order valence-electron chi connectivity index (χ2n) is 5.83. The highest BCUT2D eigenvalue weighted by Gasteiger charge is 2.26. The van der Waals surface area contributed by atoms with Gasteiger partial charge in [-0.15, -0.1) is 0 Å². The largest absolute Gasteiger partial charge is 0.236 e. The first kappa shape index (κ1) is 18.5. The van der Waals surface area contributed by atoms with Gasteiger partial charge in [0.05, 0.1) is 0 Å². The summed E-state index contributed by atoms with van der Waals surface area (Å²) in [6.07, 6.45) is 2.41. The molecule has 3 nitrogen and oxygen atoms in total. The van der Waals surface area contributed by atoms with Crippen LogP contribution < -0.4 is 0 Å². The number of thioether (sulfide) groups is 1. The van der Waals surface area contributed by atoms with Crippen molar-refractivity contribution in [2.24, 2.45) is 0 Å². The summed E-state index contributed by atoms with van der Waals surface area (Å²) in [7, 11) is -3.41. The van der Waals surface area contributed by atoms with E-state index in [9.17, 15) is 8.42 Å². The number of benzene rings is 2. The first-order valence-corrected chi connectivity index (χ1v) is 11.1. The summed E-state index contributed by atoms with van der Waals surface area (Å²) >= 11 is 8.07. The van der Waals surface area contributed by atoms with E-state index in [1.54, 1.807) is 22.1 Å². The number of nitrogens with zero attached hydrogens (tertiary/aromatic N) is 1. The van der Waals surface area contributed by atoms with Gasteiger partial charge < -0.3 is 0 Å². The Labute approximate surface area is 158 Å². The van der Waals surface area contributed by atoms with Crippen LogP contribution in [0, 0.1) is 0 Å². The average Bonchev–Trinajstić information content (AvgIpc) is 2.88. The highest BCUT2D eigenvalue weighted by atomic mass is 35.5. The first-order chi connectivity index (χ1) is 12.1. The molecule has 6 heteroatoms. The van der Waals surface area contributed by atoms with Gasteiger partial charge in [0.15, 0.2) is 0 Å². The van der Waals surface area contributed by atoms with E-state index in [0.29, 0.717) is 13.1 Å². The van der Waals surface area contributed by atoms with Crippen LogP contribution in [0.1, 0.15) is 22.8 Å². The fourth-order valence-electron chi connectivity index (χ4n) is 2.80. The summed E-state index contributed by atoms with van der Waals surface area (Å²) < 4.78 is 26.8. The predicted molar refractivity (Wildman–Crippen MR) is 107 cm³/mol. The zero-order valence-corrected chi connectivity index (χ0v) is 16.1. The first-order valence-electron chi connectivity index (χ1n) is 8.15. The number of sulfonamides is 1. The van der Waals surface area contributed by atoms with E-state index in [0.717, 1.165) is 28.3 Å². The maximum atomic E-state index is 12.6. The van der Waals surface area contributed by atoms with E-state index in [1.165, 1.54) is 5.41 Å².